The van der Waals surface area contributed by atoms with Gasteiger partial charge in [0.05, 0.1) is 11.1 Å². The third-order valence-electron chi connectivity index (χ3n) is 9.09. The van der Waals surface area contributed by atoms with E-state index in [1.165, 1.54) is 34.9 Å². The van der Waals surface area contributed by atoms with Crippen molar-refractivity contribution in [1.29, 1.82) is 0 Å². The van der Waals surface area contributed by atoms with Gasteiger partial charge in [-0.25, -0.2) is 4.39 Å². The van der Waals surface area contributed by atoms with Crippen LogP contribution in [0.1, 0.15) is 48.4 Å². The average molecular weight is 678 g/mol. The summed E-state index contributed by atoms with van der Waals surface area (Å²) in [4.78, 5) is 39.3. The van der Waals surface area contributed by atoms with Crippen molar-refractivity contribution in [2.75, 3.05) is 26.3 Å². The van der Waals surface area contributed by atoms with Gasteiger partial charge in [-0.15, -0.1) is 0 Å². The van der Waals surface area contributed by atoms with E-state index in [9.17, 15) is 14.0 Å². The molecule has 1 saturated carbocycles. The van der Waals surface area contributed by atoms with Gasteiger partial charge in [-0.3, -0.25) is 14.4 Å². The summed E-state index contributed by atoms with van der Waals surface area (Å²) >= 11 is 6.08. The van der Waals surface area contributed by atoms with Gasteiger partial charge < -0.3 is 29.7 Å². The number of fused-ring (bicyclic) bond motifs is 2. The fourth-order valence-corrected chi connectivity index (χ4v) is 6.52. The topological polar surface area (TPSA) is 108 Å². The molecule has 2 aliphatic heterocycles. The zero-order chi connectivity index (χ0) is 34.4. The summed E-state index contributed by atoms with van der Waals surface area (Å²) < 4.78 is 25.0. The fraction of sp³-hybridized carbons (Fsp3) is 0.378. The lowest BCUT2D eigenvalue weighted by Gasteiger charge is -2.44. The van der Waals surface area contributed by atoms with E-state index in [0.717, 1.165) is 29.6 Å². The Morgan fingerprint density at radius 3 is 2.46 bits per heavy atom. The second-order valence-corrected chi connectivity index (χ2v) is 12.8. The molecule has 2 N–H and O–H groups in total. The second kappa shape index (κ2) is 15.7. The molecule has 3 aromatic rings. The molecule has 2 bridgehead atoms. The number of hydrogen-bond donors (Lipinski definition) is 2. The van der Waals surface area contributed by atoms with Gasteiger partial charge in [0.2, 0.25) is 5.91 Å². The van der Waals surface area contributed by atoms with Crippen LogP contribution in [-0.4, -0.2) is 77.6 Å². The number of nitrogens with one attached hydrogen (secondary N) is 1. The number of ether oxygens (including phenoxy) is 2. The van der Waals surface area contributed by atoms with Crippen LogP contribution >= 0.6 is 11.6 Å². The molecule has 6 rings (SSSR count). The normalized spacial score (nSPS) is 18.4. The number of carbonyl (C=O) groups excluding carboxylic acids is 2. The predicted octanol–water partition coefficient (Wildman–Crippen LogP) is 5.79. The molecule has 3 aromatic carbocycles. The van der Waals surface area contributed by atoms with Gasteiger partial charge in [0.15, 0.2) is 0 Å². The molecule has 2 heterocycles. The van der Waals surface area contributed by atoms with Crippen LogP contribution in [0.2, 0.25) is 5.02 Å². The Morgan fingerprint density at radius 2 is 1.77 bits per heavy atom. The highest BCUT2D eigenvalue weighted by Crippen LogP contribution is 2.38. The summed E-state index contributed by atoms with van der Waals surface area (Å²) in [5.41, 5.74) is 6.35. The zero-order valence-electron chi connectivity index (χ0n) is 27.4. The maximum atomic E-state index is 14.6. The number of halogens is 2. The number of aryl methyl sites for hydroxylation is 1. The van der Waals surface area contributed by atoms with Gasteiger partial charge >= 0.3 is 0 Å². The molecular formula is C37H41ClFN3O6. The van der Waals surface area contributed by atoms with Crippen molar-refractivity contribution in [1.82, 2.24) is 15.1 Å². The quantitative estimate of drug-likeness (QED) is 0.207. The Balaban J connectivity index is 0.00000145. The Bertz CT molecular complexity index is 1680. The lowest BCUT2D eigenvalue weighted by molar-refractivity contribution is -0.132. The molecule has 0 radical (unpaired) electrons. The molecule has 2 atom stereocenters. The van der Waals surface area contributed by atoms with Crippen LogP contribution in [0, 0.1) is 19.7 Å². The number of hydrogen-bond acceptors (Lipinski definition) is 6. The van der Waals surface area contributed by atoms with Crippen molar-refractivity contribution >= 4 is 35.5 Å². The van der Waals surface area contributed by atoms with E-state index in [1.807, 2.05) is 34.1 Å². The fourth-order valence-electron chi connectivity index (χ4n) is 6.35. The Labute approximate surface area is 285 Å². The molecule has 3 aliphatic rings. The monoisotopic (exact) mass is 677 g/mol. The van der Waals surface area contributed by atoms with Crippen LogP contribution in [0.15, 0.2) is 66.2 Å². The highest BCUT2D eigenvalue weighted by atomic mass is 35.5. The van der Waals surface area contributed by atoms with E-state index in [-0.39, 0.29) is 55.4 Å². The van der Waals surface area contributed by atoms with Gasteiger partial charge in [-0.1, -0.05) is 41.9 Å². The maximum absolute atomic E-state index is 14.6. The summed E-state index contributed by atoms with van der Waals surface area (Å²) in [6.07, 6.45) is 2.65. The number of carboxylic acid groups (broad SMARTS) is 1. The lowest BCUT2D eigenvalue weighted by Crippen LogP contribution is -2.61. The molecule has 48 heavy (non-hydrogen) atoms. The second-order valence-electron chi connectivity index (χ2n) is 12.4. The summed E-state index contributed by atoms with van der Waals surface area (Å²) in [7, 11) is 0. The minimum atomic E-state index is -0.417. The van der Waals surface area contributed by atoms with E-state index in [0.29, 0.717) is 36.8 Å². The van der Waals surface area contributed by atoms with Crippen LogP contribution in [0.4, 0.5) is 4.39 Å². The minimum Gasteiger partial charge on any atom is -0.490 e. The van der Waals surface area contributed by atoms with Crippen molar-refractivity contribution in [3.8, 4) is 11.5 Å². The smallest absolute Gasteiger partial charge is 0.290 e. The van der Waals surface area contributed by atoms with Crippen LogP contribution in [0.25, 0.3) is 5.57 Å². The number of rotatable bonds is 10. The molecule has 9 nitrogen and oxygen atoms in total. The maximum Gasteiger partial charge on any atom is 0.290 e. The number of carbonyl (C=O) groups is 3. The highest BCUT2D eigenvalue weighted by Gasteiger charge is 2.43. The SMILES string of the molecule is CC(=O)N1CC2CC(c3ccc(OCCOc4cc(F)ccc4Cl)cc3)=C(C(=O)N(Cc3cccc(C)c3C)C3CC3)C(C1)N2.O=CO. The van der Waals surface area contributed by atoms with Crippen LogP contribution in [-0.2, 0) is 20.9 Å². The number of benzene rings is 3. The largest absolute Gasteiger partial charge is 0.490 e. The zero-order valence-corrected chi connectivity index (χ0v) is 28.1. The summed E-state index contributed by atoms with van der Waals surface area (Å²) in [5.74, 6) is 0.592. The first-order valence-corrected chi connectivity index (χ1v) is 16.5. The Morgan fingerprint density at radius 1 is 1.06 bits per heavy atom. The number of nitrogens with zero attached hydrogens (tertiary/aromatic N) is 2. The van der Waals surface area contributed by atoms with Gasteiger partial charge in [-0.2, -0.15) is 0 Å². The van der Waals surface area contributed by atoms with Crippen LogP contribution in [0.5, 0.6) is 11.5 Å². The van der Waals surface area contributed by atoms with E-state index < -0.39 is 5.82 Å². The Hall–Kier alpha value is -4.41. The van der Waals surface area contributed by atoms with Gasteiger partial charge in [0, 0.05) is 50.3 Å². The first kappa shape index (κ1) is 34.9. The molecular weight excluding hydrogens is 637 g/mol. The predicted molar refractivity (Wildman–Crippen MR) is 182 cm³/mol. The summed E-state index contributed by atoms with van der Waals surface area (Å²) in [6, 6.07) is 18.1. The van der Waals surface area contributed by atoms with Crippen molar-refractivity contribution in [2.24, 2.45) is 0 Å². The molecule has 0 aromatic heterocycles. The van der Waals surface area contributed by atoms with Gasteiger partial charge in [0.25, 0.3) is 12.4 Å². The number of amides is 2. The third-order valence-corrected chi connectivity index (χ3v) is 9.40. The van der Waals surface area contributed by atoms with Crippen molar-refractivity contribution < 1.29 is 33.4 Å². The minimum absolute atomic E-state index is 0.0290. The number of piperazine rings is 1. The molecule has 1 aliphatic carbocycles. The molecule has 1 saturated heterocycles. The summed E-state index contributed by atoms with van der Waals surface area (Å²) in [5, 5.41) is 10.9. The molecule has 0 spiro atoms. The molecule has 2 unspecified atom stereocenters. The summed E-state index contributed by atoms with van der Waals surface area (Å²) in [6.45, 7) is 7.67. The average Bonchev–Trinajstić information content (AvgIpc) is 3.91. The van der Waals surface area contributed by atoms with E-state index in [1.54, 1.807) is 6.92 Å². The first-order valence-electron chi connectivity index (χ1n) is 16.1. The molecule has 254 valence electrons. The van der Waals surface area contributed by atoms with E-state index in [2.05, 4.69) is 37.4 Å². The van der Waals surface area contributed by atoms with Crippen LogP contribution in [0.3, 0.4) is 0 Å². The van der Waals surface area contributed by atoms with Gasteiger partial charge in [-0.05, 0) is 85.2 Å². The van der Waals surface area contributed by atoms with Crippen LogP contribution < -0.4 is 14.8 Å². The standard InChI is InChI=1S/C36H39ClFN3O4.CH2O2/c1-22-5-4-6-26(23(22)2)19-41(29-10-11-29)36(43)35-31(18-28-20-40(24(3)42)21-33(35)39-28)25-7-12-30(13-8-25)44-15-16-45-34-17-27(38)9-14-32(34)37;2-1-3/h4-9,12-14,17,28-29,33,39H,10-11,15-16,18-21H2,1-3H3;1H,(H,2,3). The van der Waals surface area contributed by atoms with Gasteiger partial charge in [0.1, 0.15) is 30.5 Å². The molecule has 2 fully saturated rings. The highest BCUT2D eigenvalue weighted by molar-refractivity contribution is 6.32. The van der Waals surface area contributed by atoms with Crippen molar-refractivity contribution in [3.05, 3.63) is 99.3 Å². The Kier molecular flexibility index (Phi) is 11.4. The van der Waals surface area contributed by atoms with E-state index >= 15 is 0 Å². The third kappa shape index (κ3) is 8.35. The van der Waals surface area contributed by atoms with Crippen molar-refractivity contribution in [2.45, 2.75) is 64.7 Å². The van der Waals surface area contributed by atoms with E-state index in [4.69, 9.17) is 31.0 Å². The first-order chi connectivity index (χ1) is 23.1. The molecule has 2 amide bonds. The molecule has 11 heteroatoms. The lowest BCUT2D eigenvalue weighted by atomic mass is 9.82. The van der Waals surface area contributed by atoms with Crippen molar-refractivity contribution in [3.63, 3.8) is 0 Å².